The summed E-state index contributed by atoms with van der Waals surface area (Å²) in [5, 5.41) is 0.761. The van der Waals surface area contributed by atoms with Crippen molar-refractivity contribution in [3.8, 4) is 0 Å². The highest BCUT2D eigenvalue weighted by Gasteiger charge is 2.42. The number of amides is 1. The van der Waals surface area contributed by atoms with E-state index >= 15 is 0 Å². The molecule has 0 spiro atoms. The van der Waals surface area contributed by atoms with Crippen molar-refractivity contribution in [1.82, 2.24) is 4.90 Å². The molecule has 1 fully saturated rings. The fourth-order valence-corrected chi connectivity index (χ4v) is 3.79. The summed E-state index contributed by atoms with van der Waals surface area (Å²) in [6.07, 6.45) is 0.0382. The van der Waals surface area contributed by atoms with Gasteiger partial charge in [0.15, 0.2) is 0 Å². The van der Waals surface area contributed by atoms with Crippen LogP contribution in [0.4, 0.5) is 4.79 Å². The normalized spacial score (nSPS) is 20.8. The molecule has 0 radical (unpaired) electrons. The lowest BCUT2D eigenvalue weighted by Gasteiger charge is -2.27. The van der Waals surface area contributed by atoms with Crippen LogP contribution in [-0.4, -0.2) is 47.5 Å². The van der Waals surface area contributed by atoms with Crippen LogP contribution in [0.2, 0.25) is 5.02 Å². The van der Waals surface area contributed by atoms with E-state index < -0.39 is 23.7 Å². The summed E-state index contributed by atoms with van der Waals surface area (Å²) in [4.78, 5) is 26.9. The van der Waals surface area contributed by atoms with Gasteiger partial charge in [0, 0.05) is 21.7 Å². The number of hydrogen-bond donors (Lipinski definition) is 0. The Kier molecular flexibility index (Phi) is 6.04. The van der Waals surface area contributed by atoms with Gasteiger partial charge in [-0.2, -0.15) is 0 Å². The Morgan fingerprint density at radius 3 is 2.42 bits per heavy atom. The molecule has 5 nitrogen and oxygen atoms in total. The number of hydrogen-bond acceptors (Lipinski definition) is 5. The summed E-state index contributed by atoms with van der Waals surface area (Å²) in [5.41, 5.74) is -0.612. The van der Waals surface area contributed by atoms with E-state index in [1.54, 1.807) is 32.5 Å². The van der Waals surface area contributed by atoms with Gasteiger partial charge in [-0.3, -0.25) is 4.90 Å². The number of carbonyl (C=O) groups is 2. The third-order valence-electron chi connectivity index (χ3n) is 3.48. The van der Waals surface area contributed by atoms with Gasteiger partial charge >= 0.3 is 12.1 Å². The number of nitrogens with zero attached hydrogens (tertiary/aromatic N) is 1. The molecule has 1 aliphatic rings. The molecule has 132 valence electrons. The van der Waals surface area contributed by atoms with Crippen molar-refractivity contribution < 1.29 is 19.1 Å². The molecule has 2 rings (SSSR count). The molecule has 0 aliphatic carbocycles. The summed E-state index contributed by atoms with van der Waals surface area (Å²) >= 11 is 7.51. The summed E-state index contributed by atoms with van der Waals surface area (Å²) in [7, 11) is 1.33. The lowest BCUT2D eigenvalue weighted by molar-refractivity contribution is -0.145. The summed E-state index contributed by atoms with van der Waals surface area (Å²) in [6, 6.07) is 6.88. The second-order valence-corrected chi connectivity index (χ2v) is 8.41. The van der Waals surface area contributed by atoms with Crippen LogP contribution < -0.4 is 0 Å². The molecule has 1 unspecified atom stereocenters. The van der Waals surface area contributed by atoms with Crippen LogP contribution in [0.5, 0.6) is 0 Å². The van der Waals surface area contributed by atoms with E-state index in [1.807, 2.05) is 24.3 Å². The zero-order valence-corrected chi connectivity index (χ0v) is 15.8. The lowest BCUT2D eigenvalue weighted by atomic mass is 10.2. The van der Waals surface area contributed by atoms with Crippen molar-refractivity contribution in [3.63, 3.8) is 0 Å². The third-order valence-corrected chi connectivity index (χ3v) is 4.95. The van der Waals surface area contributed by atoms with Crippen molar-refractivity contribution in [2.24, 2.45) is 0 Å². The number of benzene rings is 1. The third kappa shape index (κ3) is 5.05. The Bertz CT molecular complexity index is 600. The standard InChI is InChI=1S/C17H22ClNO4S/c1-17(2,3)23-16(21)19-10-13(9-14(19)15(20)22-4)24-12-7-5-11(18)6-8-12/h5-8,13-14H,9-10H2,1-4H3/t13?,14-/m1/s1. The maximum absolute atomic E-state index is 12.4. The summed E-state index contributed by atoms with van der Waals surface area (Å²) in [5.74, 6) is -0.417. The first-order valence-electron chi connectivity index (χ1n) is 7.69. The second kappa shape index (κ2) is 7.66. The zero-order chi connectivity index (χ0) is 17.9. The van der Waals surface area contributed by atoms with Gasteiger partial charge in [0.25, 0.3) is 0 Å². The Balaban J connectivity index is 2.09. The molecular weight excluding hydrogens is 350 g/mol. The molecule has 24 heavy (non-hydrogen) atoms. The van der Waals surface area contributed by atoms with Crippen LogP contribution in [0.3, 0.4) is 0 Å². The number of likely N-dealkylation sites (tertiary alicyclic amines) is 1. The fraction of sp³-hybridized carbons (Fsp3) is 0.529. The number of carbonyl (C=O) groups excluding carboxylic acids is 2. The summed E-state index contributed by atoms with van der Waals surface area (Å²) in [6.45, 7) is 5.83. The van der Waals surface area contributed by atoms with Crippen molar-refractivity contribution in [1.29, 1.82) is 0 Å². The minimum Gasteiger partial charge on any atom is -0.467 e. The fourth-order valence-electron chi connectivity index (χ4n) is 2.47. The van der Waals surface area contributed by atoms with E-state index in [0.717, 1.165) is 4.90 Å². The van der Waals surface area contributed by atoms with Crippen LogP contribution >= 0.6 is 23.4 Å². The van der Waals surface area contributed by atoms with E-state index in [9.17, 15) is 9.59 Å². The van der Waals surface area contributed by atoms with E-state index in [1.165, 1.54) is 12.0 Å². The van der Waals surface area contributed by atoms with Gasteiger partial charge in [-0.05, 0) is 51.5 Å². The van der Waals surface area contributed by atoms with Gasteiger partial charge < -0.3 is 9.47 Å². The first kappa shape index (κ1) is 18.9. The summed E-state index contributed by atoms with van der Waals surface area (Å²) < 4.78 is 10.3. The Morgan fingerprint density at radius 1 is 1.25 bits per heavy atom. The predicted octanol–water partition coefficient (Wildman–Crippen LogP) is 3.98. The molecule has 0 bridgehead atoms. The van der Waals surface area contributed by atoms with Crippen molar-refractivity contribution in [2.45, 2.75) is 49.0 Å². The van der Waals surface area contributed by atoms with Gasteiger partial charge in [-0.25, -0.2) is 9.59 Å². The minimum absolute atomic E-state index is 0.0859. The molecule has 1 aromatic rings. The van der Waals surface area contributed by atoms with Gasteiger partial charge in [0.2, 0.25) is 0 Å². The van der Waals surface area contributed by atoms with Gasteiger partial charge in [0.05, 0.1) is 7.11 Å². The molecular formula is C17H22ClNO4S. The Morgan fingerprint density at radius 2 is 1.88 bits per heavy atom. The number of halogens is 1. The average Bonchev–Trinajstić information content (AvgIpc) is 2.91. The van der Waals surface area contributed by atoms with Crippen LogP contribution in [0.25, 0.3) is 0 Å². The Hall–Kier alpha value is -1.40. The van der Waals surface area contributed by atoms with Gasteiger partial charge in [-0.1, -0.05) is 11.6 Å². The molecule has 1 aliphatic heterocycles. The monoisotopic (exact) mass is 371 g/mol. The zero-order valence-electron chi connectivity index (χ0n) is 14.2. The molecule has 1 heterocycles. The molecule has 2 atom stereocenters. The van der Waals surface area contributed by atoms with Crippen LogP contribution in [0, 0.1) is 0 Å². The molecule has 1 amide bonds. The number of methoxy groups -OCH3 is 1. The lowest BCUT2D eigenvalue weighted by Crippen LogP contribution is -2.43. The van der Waals surface area contributed by atoms with E-state index in [2.05, 4.69) is 0 Å². The SMILES string of the molecule is COC(=O)[C@H]1CC(Sc2ccc(Cl)cc2)CN1C(=O)OC(C)(C)C. The first-order chi connectivity index (χ1) is 11.2. The van der Waals surface area contributed by atoms with Crippen molar-refractivity contribution >= 4 is 35.4 Å². The second-order valence-electron chi connectivity index (χ2n) is 6.60. The molecule has 1 saturated heterocycles. The quantitative estimate of drug-likeness (QED) is 0.752. The highest BCUT2D eigenvalue weighted by Crippen LogP contribution is 2.34. The first-order valence-corrected chi connectivity index (χ1v) is 8.95. The van der Waals surface area contributed by atoms with Crippen molar-refractivity contribution in [2.75, 3.05) is 13.7 Å². The van der Waals surface area contributed by atoms with Crippen LogP contribution in [-0.2, 0) is 14.3 Å². The van der Waals surface area contributed by atoms with E-state index in [4.69, 9.17) is 21.1 Å². The smallest absolute Gasteiger partial charge is 0.411 e. The largest absolute Gasteiger partial charge is 0.467 e. The maximum Gasteiger partial charge on any atom is 0.411 e. The van der Waals surface area contributed by atoms with E-state index in [0.29, 0.717) is 18.0 Å². The molecule has 0 saturated carbocycles. The Labute approximate surface area is 151 Å². The highest BCUT2D eigenvalue weighted by atomic mass is 35.5. The highest BCUT2D eigenvalue weighted by molar-refractivity contribution is 8.00. The molecule has 7 heteroatoms. The molecule has 0 N–H and O–H groups in total. The van der Waals surface area contributed by atoms with Crippen molar-refractivity contribution in [3.05, 3.63) is 29.3 Å². The number of ether oxygens (including phenoxy) is 2. The molecule has 0 aromatic heterocycles. The topological polar surface area (TPSA) is 55.8 Å². The number of rotatable bonds is 3. The van der Waals surface area contributed by atoms with Gasteiger partial charge in [-0.15, -0.1) is 11.8 Å². The number of thioether (sulfide) groups is 1. The van der Waals surface area contributed by atoms with Crippen LogP contribution in [0.15, 0.2) is 29.2 Å². The maximum atomic E-state index is 12.4. The molecule has 1 aromatic carbocycles. The van der Waals surface area contributed by atoms with Gasteiger partial charge in [0.1, 0.15) is 11.6 Å². The number of esters is 1. The van der Waals surface area contributed by atoms with E-state index in [-0.39, 0.29) is 5.25 Å². The average molecular weight is 372 g/mol. The minimum atomic E-state index is -0.616. The predicted molar refractivity (Wildman–Crippen MR) is 94.5 cm³/mol. The van der Waals surface area contributed by atoms with Crippen LogP contribution in [0.1, 0.15) is 27.2 Å².